The summed E-state index contributed by atoms with van der Waals surface area (Å²) in [5.74, 6) is 1.15. The first-order valence-corrected chi connectivity index (χ1v) is 22.0. The zero-order chi connectivity index (χ0) is 44.5. The highest BCUT2D eigenvalue weighted by Gasteiger charge is 2.51. The minimum Gasteiger partial charge on any atom is -0.497 e. The molecule has 16 heteroatoms. The molecule has 4 aromatic carbocycles. The van der Waals surface area contributed by atoms with E-state index in [1.165, 1.54) is 10.8 Å². The molecule has 5 unspecified atom stereocenters. The molecule has 3 heterocycles. The zero-order valence-electron chi connectivity index (χ0n) is 36.4. The topological polar surface area (TPSA) is 163 Å². The number of oxime groups is 1. The minimum atomic E-state index is -1.89. The smallest absolute Gasteiger partial charge is 0.347 e. The molecule has 1 amide bonds. The van der Waals surface area contributed by atoms with Gasteiger partial charge in [-0.25, -0.2) is 14.6 Å². The molecule has 330 valence electrons. The van der Waals surface area contributed by atoms with Gasteiger partial charge in [-0.2, -0.15) is 9.61 Å². The highest BCUT2D eigenvalue weighted by atomic mass is 31.2. The maximum atomic E-state index is 13.2. The molecule has 1 aliphatic heterocycles. The Morgan fingerprint density at radius 3 is 2.05 bits per heavy atom. The van der Waals surface area contributed by atoms with Crippen LogP contribution in [0.15, 0.2) is 127 Å². The molecule has 0 bridgehead atoms. The van der Waals surface area contributed by atoms with Crippen molar-refractivity contribution in [2.45, 2.75) is 83.1 Å². The van der Waals surface area contributed by atoms with E-state index in [4.69, 9.17) is 28.1 Å². The van der Waals surface area contributed by atoms with Gasteiger partial charge in [-0.3, -0.25) is 10.1 Å². The van der Waals surface area contributed by atoms with E-state index in [0.29, 0.717) is 34.7 Å². The van der Waals surface area contributed by atoms with E-state index < -0.39 is 38.5 Å². The normalized spacial score (nSPS) is 18.4. The fourth-order valence-corrected chi connectivity index (χ4v) is 9.37. The van der Waals surface area contributed by atoms with Crippen molar-refractivity contribution < 1.29 is 38.0 Å². The summed E-state index contributed by atoms with van der Waals surface area (Å²) in [6.07, 6.45) is 1.04. The number of hydrogen-bond acceptors (Lipinski definition) is 13. The Morgan fingerprint density at radius 1 is 0.889 bits per heavy atom. The van der Waals surface area contributed by atoms with Crippen LogP contribution in [0.4, 0.5) is 5.95 Å². The van der Waals surface area contributed by atoms with Gasteiger partial charge in [0.15, 0.2) is 5.65 Å². The molecule has 6 aromatic rings. The molecule has 1 aliphatic rings. The van der Waals surface area contributed by atoms with Crippen LogP contribution in [0.25, 0.3) is 5.65 Å². The Bertz CT molecular complexity index is 2370. The Kier molecular flexibility index (Phi) is 14.8. The van der Waals surface area contributed by atoms with E-state index in [9.17, 15) is 9.90 Å². The summed E-state index contributed by atoms with van der Waals surface area (Å²) in [5.41, 5.74) is 2.52. The van der Waals surface area contributed by atoms with Gasteiger partial charge in [0.25, 0.3) is 5.91 Å². The molecular weight excluding hydrogens is 822 g/mol. The van der Waals surface area contributed by atoms with Crippen LogP contribution < -0.4 is 14.8 Å². The number of amides is 1. The number of benzene rings is 4. The van der Waals surface area contributed by atoms with E-state index in [1.807, 2.05) is 91.9 Å². The van der Waals surface area contributed by atoms with E-state index in [-0.39, 0.29) is 30.5 Å². The molecule has 2 N–H and O–H groups in total. The summed E-state index contributed by atoms with van der Waals surface area (Å²) in [6, 6.07) is 34.2. The van der Waals surface area contributed by atoms with Gasteiger partial charge < -0.3 is 33.2 Å². The average Bonchev–Trinajstić information content (AvgIpc) is 3.87. The highest BCUT2D eigenvalue weighted by molar-refractivity contribution is 7.44. The van der Waals surface area contributed by atoms with Crippen molar-refractivity contribution in [3.05, 3.63) is 150 Å². The van der Waals surface area contributed by atoms with Gasteiger partial charge in [0.05, 0.1) is 27.0 Å². The van der Waals surface area contributed by atoms with E-state index >= 15 is 0 Å². The third kappa shape index (κ3) is 9.74. The molecule has 0 aliphatic carbocycles. The lowest BCUT2D eigenvalue weighted by atomic mass is 9.80. The second-order valence-corrected chi connectivity index (χ2v) is 16.7. The van der Waals surface area contributed by atoms with Crippen LogP contribution in [0.2, 0.25) is 0 Å². The molecular formula is C47H54N7O8P. The number of nitrogens with zero attached hydrogens (tertiary/aromatic N) is 6. The first-order chi connectivity index (χ1) is 30.6. The number of hydrogen-bond donors (Lipinski definition) is 2. The maximum Gasteiger partial charge on any atom is 0.347 e. The van der Waals surface area contributed by atoms with Crippen LogP contribution in [-0.4, -0.2) is 92.7 Å². The third-order valence-corrected chi connectivity index (χ3v) is 12.7. The van der Waals surface area contributed by atoms with Gasteiger partial charge in [0.1, 0.15) is 47.8 Å². The van der Waals surface area contributed by atoms with Crippen LogP contribution in [0.5, 0.6) is 11.5 Å². The average molecular weight is 876 g/mol. The highest BCUT2D eigenvalue weighted by Crippen LogP contribution is 2.52. The number of anilines is 1. The number of nitrogens with one attached hydrogen (secondary N) is 1. The van der Waals surface area contributed by atoms with Crippen molar-refractivity contribution in [3.63, 3.8) is 0 Å². The molecule has 1 saturated heterocycles. The third-order valence-electron chi connectivity index (χ3n) is 10.7. The summed E-state index contributed by atoms with van der Waals surface area (Å²) in [6.45, 7) is 10.1. The molecule has 63 heavy (non-hydrogen) atoms. The Balaban J connectivity index is 1.31. The fraction of sp³-hybridized carbons (Fsp3) is 0.340. The molecule has 7 rings (SSSR count). The molecule has 15 nitrogen and oxygen atoms in total. The first kappa shape index (κ1) is 45.2. The van der Waals surface area contributed by atoms with Gasteiger partial charge in [-0.1, -0.05) is 84.9 Å². The second kappa shape index (κ2) is 20.6. The fourth-order valence-electron chi connectivity index (χ4n) is 7.76. The number of fused-ring (bicyclic) bond motifs is 1. The van der Waals surface area contributed by atoms with Crippen LogP contribution in [-0.2, 0) is 24.2 Å². The van der Waals surface area contributed by atoms with Gasteiger partial charge in [0, 0.05) is 29.4 Å². The second-order valence-electron chi connectivity index (χ2n) is 15.4. The Morgan fingerprint density at radius 2 is 1.48 bits per heavy atom. The van der Waals surface area contributed by atoms with Crippen molar-refractivity contribution in [1.82, 2.24) is 24.3 Å². The minimum absolute atomic E-state index is 0.00499. The van der Waals surface area contributed by atoms with Crippen LogP contribution in [0.3, 0.4) is 0 Å². The van der Waals surface area contributed by atoms with Crippen molar-refractivity contribution in [3.8, 4) is 11.5 Å². The lowest BCUT2D eigenvalue weighted by Gasteiger charge is -2.38. The SMILES string of the molecule is CC/C=N/OP(OC1C(COC(c2ccccc2)(c2ccc(OC)cc2)c2ccc(OC)cc2)OC(c2cnn3c(NC(=O)c4ccccc4)ncnc23)C1O)N(C(C)C)C(C)C. The number of aliphatic hydroxyl groups excluding tert-OH is 1. The van der Waals surface area contributed by atoms with E-state index in [2.05, 4.69) is 57.9 Å². The number of carbonyl (C=O) groups excluding carboxylic acids is 1. The number of ether oxygens (including phenoxy) is 4. The van der Waals surface area contributed by atoms with Gasteiger partial charge in [-0.15, -0.1) is 0 Å². The molecule has 0 spiro atoms. The van der Waals surface area contributed by atoms with Crippen molar-refractivity contribution >= 4 is 32.2 Å². The summed E-state index contributed by atoms with van der Waals surface area (Å²) in [4.78, 5) is 22.0. The Hall–Kier alpha value is -5.80. The summed E-state index contributed by atoms with van der Waals surface area (Å²) >= 11 is 0. The van der Waals surface area contributed by atoms with Gasteiger partial charge in [-0.05, 0) is 87.2 Å². The maximum absolute atomic E-state index is 13.2. The molecule has 0 saturated carbocycles. The van der Waals surface area contributed by atoms with Crippen molar-refractivity contribution in [1.29, 1.82) is 0 Å². The number of aliphatic hydroxyl groups is 1. The monoisotopic (exact) mass is 875 g/mol. The standard InChI is InChI=1S/C47H54N7O8P/c1-8-27-51-62-63(54(31(2)3)32(4)5)61-43-40(60-42(41(43)55)39-28-50-53-44(39)48-30-49-46(53)52-45(56)33-15-11-9-12-16-33)29-59-47(34-17-13-10-14-18-34,35-19-23-37(57-6)24-20-35)36-21-25-38(58-7)26-22-36/h9-28,30-32,40-43,55H,8,29H2,1-7H3,(H,48,49,52,56)/b51-27+. The molecule has 5 atom stereocenters. The molecule has 0 radical (unpaired) electrons. The van der Waals surface area contributed by atoms with Crippen molar-refractivity contribution in [2.75, 3.05) is 26.1 Å². The quantitative estimate of drug-likeness (QED) is 0.0347. The van der Waals surface area contributed by atoms with E-state index in [0.717, 1.165) is 16.7 Å². The van der Waals surface area contributed by atoms with Crippen molar-refractivity contribution in [2.24, 2.45) is 5.16 Å². The van der Waals surface area contributed by atoms with Crippen LogP contribution in [0.1, 0.15) is 79.8 Å². The zero-order valence-corrected chi connectivity index (χ0v) is 37.3. The number of rotatable bonds is 19. The van der Waals surface area contributed by atoms with Gasteiger partial charge >= 0.3 is 8.53 Å². The predicted octanol–water partition coefficient (Wildman–Crippen LogP) is 8.35. The lowest BCUT2D eigenvalue weighted by Crippen LogP contribution is -2.42. The lowest BCUT2D eigenvalue weighted by molar-refractivity contribution is -0.0805. The summed E-state index contributed by atoms with van der Waals surface area (Å²) in [5, 5.41) is 24.2. The number of methoxy groups -OCH3 is 2. The Labute approximate surface area is 368 Å². The summed E-state index contributed by atoms with van der Waals surface area (Å²) < 4.78 is 41.9. The molecule has 1 fully saturated rings. The number of carbonyl (C=O) groups is 1. The van der Waals surface area contributed by atoms with Crippen LogP contribution >= 0.6 is 8.53 Å². The summed E-state index contributed by atoms with van der Waals surface area (Å²) in [7, 11) is 1.36. The first-order valence-electron chi connectivity index (χ1n) is 20.9. The largest absolute Gasteiger partial charge is 0.497 e. The van der Waals surface area contributed by atoms with Crippen LogP contribution in [0, 0.1) is 0 Å². The number of aromatic nitrogens is 4. The van der Waals surface area contributed by atoms with Gasteiger partial charge in [0.2, 0.25) is 5.95 Å². The predicted molar refractivity (Wildman–Crippen MR) is 241 cm³/mol. The van der Waals surface area contributed by atoms with E-state index in [1.54, 1.807) is 50.9 Å². The molecule has 2 aromatic heterocycles.